The van der Waals surface area contributed by atoms with E-state index in [9.17, 15) is 4.79 Å². The highest BCUT2D eigenvalue weighted by molar-refractivity contribution is 6.00. The second kappa shape index (κ2) is 8.18. The number of carbonyl (C=O) groups is 1. The second-order valence-corrected chi connectivity index (χ2v) is 8.26. The maximum atomic E-state index is 12.5. The van der Waals surface area contributed by atoms with Crippen LogP contribution in [0.15, 0.2) is 60.8 Å². The molecule has 160 valence electrons. The van der Waals surface area contributed by atoms with Gasteiger partial charge in [0, 0.05) is 43.7 Å². The van der Waals surface area contributed by atoms with E-state index in [2.05, 4.69) is 15.6 Å². The monoisotopic (exact) mass is 418 g/mol. The first-order chi connectivity index (χ1) is 14.8. The van der Waals surface area contributed by atoms with Gasteiger partial charge in [0.25, 0.3) is 0 Å². The molecule has 7 nitrogen and oxygen atoms in total. The van der Waals surface area contributed by atoms with Crippen LogP contribution in [0.3, 0.4) is 0 Å². The van der Waals surface area contributed by atoms with Crippen molar-refractivity contribution >= 4 is 23.1 Å². The van der Waals surface area contributed by atoms with Crippen molar-refractivity contribution in [3.63, 3.8) is 0 Å². The van der Waals surface area contributed by atoms with E-state index in [4.69, 9.17) is 9.47 Å². The first kappa shape index (κ1) is 20.5. The number of nitrogens with zero attached hydrogens (tertiary/aromatic N) is 2. The Bertz CT molecular complexity index is 1090. The summed E-state index contributed by atoms with van der Waals surface area (Å²) in [5.74, 6) is 1.58. The van der Waals surface area contributed by atoms with Crippen molar-refractivity contribution in [1.29, 1.82) is 0 Å². The maximum Gasteiger partial charge on any atom is 0.323 e. The van der Waals surface area contributed by atoms with Crippen molar-refractivity contribution in [2.24, 2.45) is 0 Å². The van der Waals surface area contributed by atoms with Crippen molar-refractivity contribution in [3.8, 4) is 17.4 Å². The summed E-state index contributed by atoms with van der Waals surface area (Å²) in [5.41, 5.74) is 3.00. The van der Waals surface area contributed by atoms with Crippen LogP contribution in [0.5, 0.6) is 17.4 Å². The van der Waals surface area contributed by atoms with Crippen LogP contribution in [0.1, 0.15) is 19.4 Å². The smallest absolute Gasteiger partial charge is 0.323 e. The zero-order valence-electron chi connectivity index (χ0n) is 18.1. The topological polar surface area (TPSA) is 75.7 Å². The Morgan fingerprint density at radius 1 is 1.06 bits per heavy atom. The number of benzene rings is 2. The number of aromatic nitrogens is 1. The summed E-state index contributed by atoms with van der Waals surface area (Å²) in [6.45, 7) is 4.08. The molecule has 3 aromatic rings. The Morgan fingerprint density at radius 2 is 1.84 bits per heavy atom. The average Bonchev–Trinajstić information content (AvgIpc) is 3.04. The van der Waals surface area contributed by atoms with Gasteiger partial charge >= 0.3 is 6.03 Å². The number of nitrogens with one attached hydrogen (secondary N) is 2. The molecule has 0 fully saturated rings. The van der Waals surface area contributed by atoms with Crippen LogP contribution in [-0.4, -0.2) is 30.7 Å². The summed E-state index contributed by atoms with van der Waals surface area (Å²) in [4.78, 5) is 18.8. The number of amides is 2. The van der Waals surface area contributed by atoms with Crippen molar-refractivity contribution in [3.05, 3.63) is 66.4 Å². The predicted molar refractivity (Wildman–Crippen MR) is 123 cm³/mol. The standard InChI is InChI=1S/C24H26N4O3/c1-24(2)15-16-7-5-9-20(21(16)31-24)30-22-19(8-6-14-25-22)27-23(29)26-17-10-12-18(13-11-17)28(3)4/h5-14H,15H2,1-4H3,(H2,26,27,29). The molecule has 7 heteroatoms. The molecule has 31 heavy (non-hydrogen) atoms. The molecule has 1 aliphatic heterocycles. The first-order valence-corrected chi connectivity index (χ1v) is 10.1. The zero-order valence-corrected chi connectivity index (χ0v) is 18.1. The third-order valence-corrected chi connectivity index (χ3v) is 4.92. The molecule has 0 unspecified atom stereocenters. The fourth-order valence-corrected chi connectivity index (χ4v) is 3.47. The highest BCUT2D eigenvalue weighted by Crippen LogP contribution is 2.43. The van der Waals surface area contributed by atoms with Gasteiger partial charge in [0.2, 0.25) is 5.88 Å². The molecular formula is C24H26N4O3. The normalized spacial score (nSPS) is 13.7. The highest BCUT2D eigenvalue weighted by Gasteiger charge is 2.32. The van der Waals surface area contributed by atoms with Crippen LogP contribution >= 0.6 is 0 Å². The predicted octanol–water partition coefficient (Wildman–Crippen LogP) is 5.30. The third-order valence-electron chi connectivity index (χ3n) is 4.92. The van der Waals surface area contributed by atoms with Gasteiger partial charge in [0.05, 0.1) is 0 Å². The summed E-state index contributed by atoms with van der Waals surface area (Å²) in [7, 11) is 3.93. The number of hydrogen-bond donors (Lipinski definition) is 2. The molecule has 0 bridgehead atoms. The van der Waals surface area contributed by atoms with Gasteiger partial charge in [-0.25, -0.2) is 9.78 Å². The number of pyridine rings is 1. The lowest BCUT2D eigenvalue weighted by Gasteiger charge is -2.18. The Morgan fingerprint density at radius 3 is 2.58 bits per heavy atom. The third kappa shape index (κ3) is 4.71. The molecule has 0 aliphatic carbocycles. The Kier molecular flexibility index (Phi) is 5.42. The van der Waals surface area contributed by atoms with Crippen LogP contribution in [-0.2, 0) is 6.42 Å². The van der Waals surface area contributed by atoms with E-state index >= 15 is 0 Å². The molecule has 1 aromatic heterocycles. The van der Waals surface area contributed by atoms with Crippen LogP contribution in [0, 0.1) is 0 Å². The van der Waals surface area contributed by atoms with Gasteiger partial charge < -0.3 is 25.0 Å². The van der Waals surface area contributed by atoms with Gasteiger partial charge in [-0.15, -0.1) is 0 Å². The molecule has 2 amide bonds. The zero-order chi connectivity index (χ0) is 22.0. The summed E-state index contributed by atoms with van der Waals surface area (Å²) >= 11 is 0. The Labute approximate surface area is 182 Å². The summed E-state index contributed by atoms with van der Waals surface area (Å²) in [6, 6.07) is 16.5. The number of hydrogen-bond acceptors (Lipinski definition) is 5. The van der Waals surface area contributed by atoms with Crippen LogP contribution < -0.4 is 25.0 Å². The molecule has 2 heterocycles. The van der Waals surface area contributed by atoms with Crippen LogP contribution in [0.2, 0.25) is 0 Å². The summed E-state index contributed by atoms with van der Waals surface area (Å²) in [5, 5.41) is 5.64. The fourth-order valence-electron chi connectivity index (χ4n) is 3.47. The highest BCUT2D eigenvalue weighted by atomic mass is 16.5. The minimum Gasteiger partial charge on any atom is -0.483 e. The van der Waals surface area contributed by atoms with Crippen molar-refractivity contribution in [2.75, 3.05) is 29.6 Å². The molecule has 2 aromatic carbocycles. The van der Waals surface area contributed by atoms with E-state index in [-0.39, 0.29) is 11.6 Å². The van der Waals surface area contributed by atoms with E-state index in [1.165, 1.54) is 0 Å². The summed E-state index contributed by atoms with van der Waals surface area (Å²) < 4.78 is 12.1. The molecule has 4 rings (SSSR count). The number of urea groups is 1. The maximum absolute atomic E-state index is 12.5. The van der Waals surface area contributed by atoms with Gasteiger partial charge in [-0.1, -0.05) is 12.1 Å². The first-order valence-electron chi connectivity index (χ1n) is 10.1. The Balaban J connectivity index is 1.49. The lowest BCUT2D eigenvalue weighted by atomic mass is 10.0. The van der Waals surface area contributed by atoms with Gasteiger partial charge in [-0.3, -0.25) is 0 Å². The molecule has 1 aliphatic rings. The SMILES string of the molecule is CN(C)c1ccc(NC(=O)Nc2cccnc2Oc2cccc3c2OC(C)(C)C3)cc1. The molecule has 2 N–H and O–H groups in total. The van der Waals surface area contributed by atoms with E-state index in [1.54, 1.807) is 18.3 Å². The quantitative estimate of drug-likeness (QED) is 0.588. The Hall–Kier alpha value is -3.74. The number of para-hydroxylation sites is 1. The molecule has 0 saturated carbocycles. The minimum absolute atomic E-state index is 0.283. The minimum atomic E-state index is -0.383. The van der Waals surface area contributed by atoms with Gasteiger partial charge in [-0.05, 0) is 56.3 Å². The molecule has 0 spiro atoms. The van der Waals surface area contributed by atoms with Gasteiger partial charge in [0.1, 0.15) is 11.3 Å². The molecule has 0 radical (unpaired) electrons. The number of fused-ring (bicyclic) bond motifs is 1. The number of rotatable bonds is 5. The van der Waals surface area contributed by atoms with E-state index in [1.807, 2.05) is 75.3 Å². The lowest BCUT2D eigenvalue weighted by molar-refractivity contribution is 0.135. The van der Waals surface area contributed by atoms with Crippen LogP contribution in [0.4, 0.5) is 21.9 Å². The molecule has 0 saturated heterocycles. The average molecular weight is 418 g/mol. The van der Waals surface area contributed by atoms with Crippen molar-refractivity contribution in [1.82, 2.24) is 4.98 Å². The summed E-state index contributed by atoms with van der Waals surface area (Å²) in [6.07, 6.45) is 2.42. The number of anilines is 3. The van der Waals surface area contributed by atoms with E-state index in [0.717, 1.165) is 23.4 Å². The largest absolute Gasteiger partial charge is 0.483 e. The molecule has 0 atom stereocenters. The number of carbonyl (C=O) groups excluding carboxylic acids is 1. The number of ether oxygens (including phenoxy) is 2. The van der Waals surface area contributed by atoms with Gasteiger partial charge in [0.15, 0.2) is 11.5 Å². The van der Waals surface area contributed by atoms with Crippen molar-refractivity contribution in [2.45, 2.75) is 25.9 Å². The van der Waals surface area contributed by atoms with E-state index in [0.29, 0.717) is 23.0 Å². The van der Waals surface area contributed by atoms with Crippen LogP contribution in [0.25, 0.3) is 0 Å². The lowest BCUT2D eigenvalue weighted by Crippen LogP contribution is -2.24. The van der Waals surface area contributed by atoms with E-state index < -0.39 is 0 Å². The second-order valence-electron chi connectivity index (χ2n) is 8.26. The van der Waals surface area contributed by atoms with Crippen molar-refractivity contribution < 1.29 is 14.3 Å². The van der Waals surface area contributed by atoms with Gasteiger partial charge in [-0.2, -0.15) is 0 Å². The molecular weight excluding hydrogens is 392 g/mol. The fraction of sp³-hybridized carbons (Fsp3) is 0.250.